The van der Waals surface area contributed by atoms with E-state index in [-0.39, 0.29) is 12.5 Å². The van der Waals surface area contributed by atoms with Crippen molar-refractivity contribution in [2.24, 2.45) is 0 Å². The first-order chi connectivity index (χ1) is 12.6. The first-order valence-corrected chi connectivity index (χ1v) is 8.67. The fraction of sp³-hybridized carbons (Fsp3) is 0.143. The van der Waals surface area contributed by atoms with Crippen LogP contribution in [0.15, 0.2) is 66.7 Å². The molecule has 1 N–H and O–H groups in total. The number of carbonyl (C=O) groups excluding carboxylic acids is 2. The molecular formula is C21H18ClNO3. The van der Waals surface area contributed by atoms with Crippen LogP contribution in [0.3, 0.4) is 0 Å². The number of ether oxygens (including phenoxy) is 1. The average Bonchev–Trinajstić information content (AvgIpc) is 2.67. The number of fused-ring (bicyclic) bond motifs is 1. The van der Waals surface area contributed by atoms with Crippen molar-refractivity contribution in [3.8, 4) is 0 Å². The third-order valence-electron chi connectivity index (χ3n) is 3.99. The summed E-state index contributed by atoms with van der Waals surface area (Å²) in [6.45, 7) is 0.162. The predicted octanol–water partition coefficient (Wildman–Crippen LogP) is 4.01. The lowest BCUT2D eigenvalue weighted by atomic mass is 10.1. The molecule has 0 aromatic heterocycles. The quantitative estimate of drug-likeness (QED) is 0.670. The van der Waals surface area contributed by atoms with Gasteiger partial charge in [0.15, 0.2) is 6.61 Å². The monoisotopic (exact) mass is 367 g/mol. The molecule has 0 fully saturated rings. The molecule has 0 aliphatic heterocycles. The van der Waals surface area contributed by atoms with Crippen molar-refractivity contribution >= 4 is 34.2 Å². The van der Waals surface area contributed by atoms with Gasteiger partial charge in [0.2, 0.25) is 0 Å². The summed E-state index contributed by atoms with van der Waals surface area (Å²) in [5.74, 6) is -0.831. The second-order valence-corrected chi connectivity index (χ2v) is 6.27. The molecule has 5 heteroatoms. The highest BCUT2D eigenvalue weighted by molar-refractivity contribution is 6.30. The molecule has 26 heavy (non-hydrogen) atoms. The Morgan fingerprint density at radius 2 is 1.65 bits per heavy atom. The SMILES string of the molecule is O=C(COC(=O)c1cccc2ccccc12)NCCc1ccc(Cl)cc1. The smallest absolute Gasteiger partial charge is 0.339 e. The molecule has 132 valence electrons. The Morgan fingerprint density at radius 3 is 2.46 bits per heavy atom. The van der Waals surface area contributed by atoms with Gasteiger partial charge in [-0.2, -0.15) is 0 Å². The summed E-state index contributed by atoms with van der Waals surface area (Å²) in [6, 6.07) is 20.4. The van der Waals surface area contributed by atoms with Gasteiger partial charge in [-0.1, -0.05) is 60.1 Å². The van der Waals surface area contributed by atoms with E-state index >= 15 is 0 Å². The van der Waals surface area contributed by atoms with E-state index in [9.17, 15) is 9.59 Å². The van der Waals surface area contributed by atoms with E-state index in [1.807, 2.05) is 54.6 Å². The molecule has 3 aromatic carbocycles. The van der Waals surface area contributed by atoms with E-state index in [0.29, 0.717) is 23.6 Å². The molecule has 0 unspecified atom stereocenters. The third kappa shape index (κ3) is 4.61. The lowest BCUT2D eigenvalue weighted by Gasteiger charge is -2.08. The molecular weight excluding hydrogens is 350 g/mol. The van der Waals surface area contributed by atoms with Crippen molar-refractivity contribution in [2.75, 3.05) is 13.2 Å². The molecule has 0 radical (unpaired) electrons. The van der Waals surface area contributed by atoms with Crippen molar-refractivity contribution in [1.82, 2.24) is 5.32 Å². The average molecular weight is 368 g/mol. The number of halogens is 1. The van der Waals surface area contributed by atoms with Crippen LogP contribution in [0.4, 0.5) is 0 Å². The van der Waals surface area contributed by atoms with Crippen LogP contribution < -0.4 is 5.32 Å². The van der Waals surface area contributed by atoms with Crippen LogP contribution in [-0.2, 0) is 16.0 Å². The third-order valence-corrected chi connectivity index (χ3v) is 4.24. The number of carbonyl (C=O) groups is 2. The number of rotatable bonds is 6. The van der Waals surface area contributed by atoms with E-state index in [1.165, 1.54) is 0 Å². The Balaban J connectivity index is 1.49. The molecule has 3 aromatic rings. The summed E-state index contributed by atoms with van der Waals surface area (Å²) < 4.78 is 5.15. The number of amides is 1. The van der Waals surface area contributed by atoms with Gasteiger partial charge in [0.1, 0.15) is 0 Å². The van der Waals surface area contributed by atoms with Gasteiger partial charge in [-0.15, -0.1) is 0 Å². The predicted molar refractivity (Wildman–Crippen MR) is 102 cm³/mol. The van der Waals surface area contributed by atoms with E-state index in [2.05, 4.69) is 5.32 Å². The summed E-state index contributed by atoms with van der Waals surface area (Å²) in [5.41, 5.74) is 1.53. The molecule has 0 aliphatic rings. The van der Waals surface area contributed by atoms with Crippen molar-refractivity contribution in [3.63, 3.8) is 0 Å². The van der Waals surface area contributed by atoms with Gasteiger partial charge in [-0.05, 0) is 41.0 Å². The second-order valence-electron chi connectivity index (χ2n) is 5.83. The first kappa shape index (κ1) is 18.0. The lowest BCUT2D eigenvalue weighted by molar-refractivity contribution is -0.124. The van der Waals surface area contributed by atoms with Gasteiger partial charge >= 0.3 is 5.97 Å². The van der Waals surface area contributed by atoms with Crippen LogP contribution >= 0.6 is 11.6 Å². The molecule has 0 aliphatic carbocycles. The van der Waals surface area contributed by atoms with Crippen LogP contribution in [0.5, 0.6) is 0 Å². The highest BCUT2D eigenvalue weighted by Gasteiger charge is 2.12. The lowest BCUT2D eigenvalue weighted by Crippen LogP contribution is -2.30. The van der Waals surface area contributed by atoms with E-state index in [0.717, 1.165) is 16.3 Å². The number of esters is 1. The Bertz CT molecular complexity index is 917. The molecule has 0 saturated carbocycles. The molecule has 0 atom stereocenters. The minimum Gasteiger partial charge on any atom is -0.452 e. The van der Waals surface area contributed by atoms with Crippen LogP contribution in [0, 0.1) is 0 Å². The van der Waals surface area contributed by atoms with Crippen LogP contribution in [-0.4, -0.2) is 25.0 Å². The van der Waals surface area contributed by atoms with E-state index in [4.69, 9.17) is 16.3 Å². The summed E-state index contributed by atoms with van der Waals surface area (Å²) in [5, 5.41) is 5.18. The Kier molecular flexibility index (Phi) is 5.87. The number of hydrogen-bond acceptors (Lipinski definition) is 3. The van der Waals surface area contributed by atoms with Crippen LogP contribution in [0.1, 0.15) is 15.9 Å². The molecule has 1 amide bonds. The van der Waals surface area contributed by atoms with Crippen molar-refractivity contribution in [2.45, 2.75) is 6.42 Å². The van der Waals surface area contributed by atoms with Crippen molar-refractivity contribution < 1.29 is 14.3 Å². The first-order valence-electron chi connectivity index (χ1n) is 8.29. The molecule has 0 heterocycles. The molecule has 3 rings (SSSR count). The van der Waals surface area contributed by atoms with Gasteiger partial charge < -0.3 is 10.1 Å². The maximum absolute atomic E-state index is 12.3. The zero-order chi connectivity index (χ0) is 18.4. The van der Waals surface area contributed by atoms with Crippen molar-refractivity contribution in [3.05, 3.63) is 82.9 Å². The Hall–Kier alpha value is -2.85. The molecule has 0 spiro atoms. The highest BCUT2D eigenvalue weighted by atomic mass is 35.5. The van der Waals surface area contributed by atoms with Gasteiger partial charge in [0.25, 0.3) is 5.91 Å². The summed E-state index contributed by atoms with van der Waals surface area (Å²) in [7, 11) is 0. The maximum Gasteiger partial charge on any atom is 0.339 e. The maximum atomic E-state index is 12.3. The largest absolute Gasteiger partial charge is 0.452 e. The minimum atomic E-state index is -0.505. The second kappa shape index (κ2) is 8.50. The zero-order valence-corrected chi connectivity index (χ0v) is 14.8. The van der Waals surface area contributed by atoms with Gasteiger partial charge in [-0.25, -0.2) is 4.79 Å². The summed E-state index contributed by atoms with van der Waals surface area (Å²) in [6.07, 6.45) is 0.681. The van der Waals surface area contributed by atoms with Gasteiger partial charge in [-0.3, -0.25) is 4.79 Å². The van der Waals surface area contributed by atoms with Crippen molar-refractivity contribution in [1.29, 1.82) is 0 Å². The molecule has 0 saturated heterocycles. The molecule has 0 bridgehead atoms. The topological polar surface area (TPSA) is 55.4 Å². The van der Waals surface area contributed by atoms with Crippen LogP contribution in [0.25, 0.3) is 10.8 Å². The Morgan fingerprint density at radius 1 is 0.923 bits per heavy atom. The number of nitrogens with one attached hydrogen (secondary N) is 1. The van der Waals surface area contributed by atoms with Crippen LogP contribution in [0.2, 0.25) is 5.02 Å². The fourth-order valence-corrected chi connectivity index (χ4v) is 2.79. The van der Waals surface area contributed by atoms with Gasteiger partial charge in [0.05, 0.1) is 5.56 Å². The summed E-state index contributed by atoms with van der Waals surface area (Å²) >= 11 is 5.84. The minimum absolute atomic E-state index is 0.303. The normalized spacial score (nSPS) is 10.5. The van der Waals surface area contributed by atoms with E-state index < -0.39 is 5.97 Å². The number of benzene rings is 3. The zero-order valence-electron chi connectivity index (χ0n) is 14.1. The van der Waals surface area contributed by atoms with E-state index in [1.54, 1.807) is 12.1 Å². The number of hydrogen-bond donors (Lipinski definition) is 1. The fourth-order valence-electron chi connectivity index (χ4n) is 2.66. The summed E-state index contributed by atoms with van der Waals surface area (Å²) in [4.78, 5) is 24.2. The Labute approximate surface area is 156 Å². The van der Waals surface area contributed by atoms with Gasteiger partial charge in [0, 0.05) is 11.6 Å². The highest BCUT2D eigenvalue weighted by Crippen LogP contribution is 2.19. The molecule has 4 nitrogen and oxygen atoms in total. The standard InChI is InChI=1S/C21H18ClNO3/c22-17-10-8-15(9-11-17)12-13-23-20(24)14-26-21(25)19-7-3-5-16-4-1-2-6-18(16)19/h1-11H,12-14H2,(H,23,24).